The van der Waals surface area contributed by atoms with E-state index in [0.717, 1.165) is 16.7 Å². The molecule has 0 aliphatic rings. The van der Waals surface area contributed by atoms with Gasteiger partial charge >= 0.3 is 0 Å². The van der Waals surface area contributed by atoms with E-state index in [0.29, 0.717) is 16.5 Å². The van der Waals surface area contributed by atoms with Crippen LogP contribution in [0.15, 0.2) is 24.3 Å². The van der Waals surface area contributed by atoms with E-state index < -0.39 is 0 Å². The normalized spacial score (nSPS) is 10.3. The summed E-state index contributed by atoms with van der Waals surface area (Å²) in [5.74, 6) is 0.195. The minimum atomic E-state index is -0.188. The molecule has 1 heterocycles. The zero-order valence-electron chi connectivity index (χ0n) is 11.0. The van der Waals surface area contributed by atoms with Crippen LogP contribution < -0.4 is 5.32 Å². The van der Waals surface area contributed by atoms with Crippen molar-refractivity contribution in [2.75, 3.05) is 5.32 Å². The Morgan fingerprint density at radius 1 is 1.11 bits per heavy atom. The summed E-state index contributed by atoms with van der Waals surface area (Å²) in [6, 6.07) is 7.16. The van der Waals surface area contributed by atoms with Crippen LogP contribution in [0.1, 0.15) is 27.0 Å². The van der Waals surface area contributed by atoms with Crippen LogP contribution >= 0.6 is 11.6 Å². The van der Waals surface area contributed by atoms with E-state index in [9.17, 15) is 4.79 Å². The van der Waals surface area contributed by atoms with E-state index in [4.69, 9.17) is 11.6 Å². The van der Waals surface area contributed by atoms with Gasteiger partial charge < -0.3 is 5.32 Å². The summed E-state index contributed by atoms with van der Waals surface area (Å²) in [7, 11) is 0. The quantitative estimate of drug-likeness (QED) is 0.915. The van der Waals surface area contributed by atoms with Gasteiger partial charge in [-0.1, -0.05) is 29.3 Å². The van der Waals surface area contributed by atoms with Crippen molar-refractivity contribution in [2.24, 2.45) is 0 Å². The van der Waals surface area contributed by atoms with Gasteiger partial charge in [-0.15, -0.1) is 10.2 Å². The molecule has 0 unspecified atom stereocenters. The number of carbonyl (C=O) groups is 1. The zero-order valence-corrected chi connectivity index (χ0v) is 11.7. The molecule has 1 aromatic heterocycles. The second kappa shape index (κ2) is 5.36. The second-order valence-corrected chi connectivity index (χ2v) is 4.86. The molecule has 98 valence electrons. The topological polar surface area (TPSA) is 54.9 Å². The number of hydrogen-bond acceptors (Lipinski definition) is 3. The number of rotatable bonds is 2. The van der Waals surface area contributed by atoms with Gasteiger partial charge in [0.25, 0.3) is 5.91 Å². The Labute approximate surface area is 116 Å². The Hall–Kier alpha value is -1.94. The first kappa shape index (κ1) is 13.5. The highest BCUT2D eigenvalue weighted by atomic mass is 35.5. The summed E-state index contributed by atoms with van der Waals surface area (Å²) in [5, 5.41) is 10.5. The first-order chi connectivity index (χ1) is 8.97. The summed E-state index contributed by atoms with van der Waals surface area (Å²) in [6.07, 6.45) is 0. The molecule has 1 aromatic carbocycles. The first-order valence-corrected chi connectivity index (χ1v) is 6.23. The fraction of sp³-hybridized carbons (Fsp3) is 0.214. The van der Waals surface area contributed by atoms with Crippen LogP contribution in [0.3, 0.4) is 0 Å². The van der Waals surface area contributed by atoms with E-state index in [2.05, 4.69) is 15.5 Å². The Morgan fingerprint density at radius 2 is 1.74 bits per heavy atom. The van der Waals surface area contributed by atoms with E-state index in [1.54, 1.807) is 12.1 Å². The highest BCUT2D eigenvalue weighted by Crippen LogP contribution is 2.18. The number of aryl methyl sites for hydroxylation is 3. The average Bonchev–Trinajstić information content (AvgIpc) is 2.30. The molecule has 0 aliphatic carbocycles. The van der Waals surface area contributed by atoms with Gasteiger partial charge in [0.05, 0.1) is 0 Å². The van der Waals surface area contributed by atoms with Gasteiger partial charge in [0.2, 0.25) is 0 Å². The first-order valence-electron chi connectivity index (χ1n) is 5.86. The number of halogens is 1. The molecule has 0 aliphatic heterocycles. The predicted octanol–water partition coefficient (Wildman–Crippen LogP) is 3.31. The third-order valence-corrected chi connectivity index (χ3v) is 2.98. The molecule has 0 fully saturated rings. The monoisotopic (exact) mass is 275 g/mol. The van der Waals surface area contributed by atoms with Crippen molar-refractivity contribution >= 4 is 23.3 Å². The Bertz CT molecular complexity index is 600. The predicted molar refractivity (Wildman–Crippen MR) is 75.6 cm³/mol. The van der Waals surface area contributed by atoms with Gasteiger partial charge in [-0.3, -0.25) is 4.79 Å². The summed E-state index contributed by atoms with van der Waals surface area (Å²) < 4.78 is 0. The third-order valence-electron chi connectivity index (χ3n) is 2.78. The Kier molecular flexibility index (Phi) is 3.81. The Morgan fingerprint density at radius 3 is 2.26 bits per heavy atom. The maximum absolute atomic E-state index is 12.2. The van der Waals surface area contributed by atoms with Crippen LogP contribution in [0.25, 0.3) is 0 Å². The van der Waals surface area contributed by atoms with Crippen LogP contribution in [0, 0.1) is 20.8 Å². The summed E-state index contributed by atoms with van der Waals surface area (Å²) in [5.41, 5.74) is 3.69. The molecule has 0 saturated heterocycles. The smallest absolute Gasteiger partial charge is 0.257 e. The van der Waals surface area contributed by atoms with Crippen molar-refractivity contribution in [1.29, 1.82) is 0 Å². The second-order valence-electron chi connectivity index (χ2n) is 4.47. The lowest BCUT2D eigenvalue weighted by Crippen LogP contribution is -2.16. The van der Waals surface area contributed by atoms with Gasteiger partial charge in [0, 0.05) is 5.56 Å². The maximum Gasteiger partial charge on any atom is 0.257 e. The molecule has 5 heteroatoms. The summed E-state index contributed by atoms with van der Waals surface area (Å²) in [6.45, 7) is 5.84. The zero-order chi connectivity index (χ0) is 14.0. The van der Waals surface area contributed by atoms with Crippen molar-refractivity contribution in [2.45, 2.75) is 20.8 Å². The highest BCUT2D eigenvalue weighted by molar-refractivity contribution is 6.29. The molecule has 4 nitrogen and oxygen atoms in total. The third kappa shape index (κ3) is 3.09. The van der Waals surface area contributed by atoms with Gasteiger partial charge in [-0.2, -0.15) is 0 Å². The molecule has 0 saturated carbocycles. The molecule has 0 spiro atoms. The SMILES string of the molecule is Cc1cc(C)c(C(=O)Nc2ccc(Cl)nn2)c(C)c1. The molecule has 0 atom stereocenters. The van der Waals surface area contributed by atoms with Crippen molar-refractivity contribution in [3.63, 3.8) is 0 Å². The average molecular weight is 276 g/mol. The van der Waals surface area contributed by atoms with Gasteiger partial charge in [-0.25, -0.2) is 0 Å². The number of aromatic nitrogens is 2. The Balaban J connectivity index is 2.28. The number of amides is 1. The van der Waals surface area contributed by atoms with Crippen LogP contribution in [0.5, 0.6) is 0 Å². The standard InChI is InChI=1S/C14H14ClN3O/c1-8-6-9(2)13(10(3)7-8)14(19)16-12-5-4-11(15)17-18-12/h4-7H,1-3H3,(H,16,18,19). The highest BCUT2D eigenvalue weighted by Gasteiger charge is 2.13. The van der Waals surface area contributed by atoms with Crippen LogP contribution in [0.2, 0.25) is 5.15 Å². The van der Waals surface area contributed by atoms with Crippen LogP contribution in [-0.4, -0.2) is 16.1 Å². The molecule has 0 radical (unpaired) electrons. The van der Waals surface area contributed by atoms with E-state index in [1.165, 1.54) is 0 Å². The van der Waals surface area contributed by atoms with E-state index >= 15 is 0 Å². The molecule has 19 heavy (non-hydrogen) atoms. The minimum absolute atomic E-state index is 0.188. The fourth-order valence-electron chi connectivity index (χ4n) is 2.10. The number of nitrogens with one attached hydrogen (secondary N) is 1. The number of carbonyl (C=O) groups excluding carboxylic acids is 1. The van der Waals surface area contributed by atoms with Gasteiger partial charge in [0.1, 0.15) is 0 Å². The van der Waals surface area contributed by atoms with Crippen LogP contribution in [0.4, 0.5) is 5.82 Å². The van der Waals surface area contributed by atoms with Gasteiger partial charge in [-0.05, 0) is 44.0 Å². The van der Waals surface area contributed by atoms with Crippen molar-refractivity contribution < 1.29 is 4.79 Å². The number of nitrogens with zero attached hydrogens (tertiary/aromatic N) is 2. The maximum atomic E-state index is 12.2. The van der Waals surface area contributed by atoms with E-state index in [-0.39, 0.29) is 5.91 Å². The fourth-order valence-corrected chi connectivity index (χ4v) is 2.20. The van der Waals surface area contributed by atoms with Gasteiger partial charge in [0.15, 0.2) is 11.0 Å². The lowest BCUT2D eigenvalue weighted by atomic mass is 9.99. The number of hydrogen-bond donors (Lipinski definition) is 1. The molecular weight excluding hydrogens is 262 g/mol. The summed E-state index contributed by atoms with van der Waals surface area (Å²) in [4.78, 5) is 12.2. The largest absolute Gasteiger partial charge is 0.305 e. The van der Waals surface area contributed by atoms with Crippen LogP contribution in [-0.2, 0) is 0 Å². The molecular formula is C14H14ClN3O. The van der Waals surface area contributed by atoms with Crippen molar-refractivity contribution in [3.05, 3.63) is 51.7 Å². The lowest BCUT2D eigenvalue weighted by Gasteiger charge is -2.11. The van der Waals surface area contributed by atoms with E-state index in [1.807, 2.05) is 32.9 Å². The summed E-state index contributed by atoms with van der Waals surface area (Å²) >= 11 is 5.65. The lowest BCUT2D eigenvalue weighted by molar-refractivity contribution is 0.102. The molecule has 2 rings (SSSR count). The van der Waals surface area contributed by atoms with Crippen molar-refractivity contribution in [1.82, 2.24) is 10.2 Å². The number of anilines is 1. The molecule has 2 aromatic rings. The molecule has 1 N–H and O–H groups in total. The minimum Gasteiger partial charge on any atom is -0.305 e. The molecule has 0 bridgehead atoms. The molecule has 1 amide bonds. The number of benzene rings is 1. The van der Waals surface area contributed by atoms with Crippen molar-refractivity contribution in [3.8, 4) is 0 Å².